The molecule has 2 aromatic rings. The molecule has 0 aliphatic heterocycles. The van der Waals surface area contributed by atoms with Crippen LogP contribution in [-0.4, -0.2) is 37.8 Å². The number of hydrogen-bond donors (Lipinski definition) is 0. The van der Waals surface area contributed by atoms with Gasteiger partial charge in [-0.1, -0.05) is 26.0 Å². The standard InChI is InChI=1S/C13H19N5O3/c1-5-10-14-15-11(21-10)6-18-9(4)12(16-17-18)13(19)20-7-8(2)3/h8H,5-7H2,1-4H3. The lowest BCUT2D eigenvalue weighted by Gasteiger charge is -2.05. The summed E-state index contributed by atoms with van der Waals surface area (Å²) in [5.41, 5.74) is 0.825. The van der Waals surface area contributed by atoms with Gasteiger partial charge in [0.15, 0.2) is 5.69 Å². The lowest BCUT2D eigenvalue weighted by molar-refractivity contribution is 0.0451. The number of esters is 1. The second kappa shape index (κ2) is 6.47. The molecule has 0 atom stereocenters. The van der Waals surface area contributed by atoms with E-state index in [2.05, 4.69) is 20.5 Å². The first-order valence-corrected chi connectivity index (χ1v) is 6.89. The molecule has 0 aromatic carbocycles. The second-order valence-electron chi connectivity index (χ2n) is 5.12. The van der Waals surface area contributed by atoms with Crippen molar-refractivity contribution in [2.45, 2.75) is 40.7 Å². The predicted octanol–water partition coefficient (Wildman–Crippen LogP) is 1.39. The minimum Gasteiger partial charge on any atom is -0.461 e. The molecular weight excluding hydrogens is 274 g/mol. The van der Waals surface area contributed by atoms with Crippen LogP contribution in [0, 0.1) is 12.8 Å². The normalized spacial score (nSPS) is 11.1. The van der Waals surface area contributed by atoms with Crippen molar-refractivity contribution in [2.75, 3.05) is 6.61 Å². The lowest BCUT2D eigenvalue weighted by Crippen LogP contribution is -2.12. The van der Waals surface area contributed by atoms with E-state index in [4.69, 9.17) is 9.15 Å². The van der Waals surface area contributed by atoms with E-state index < -0.39 is 5.97 Å². The molecule has 0 saturated carbocycles. The second-order valence-corrected chi connectivity index (χ2v) is 5.12. The fourth-order valence-corrected chi connectivity index (χ4v) is 1.63. The summed E-state index contributed by atoms with van der Waals surface area (Å²) < 4.78 is 12.1. The average Bonchev–Trinajstić information content (AvgIpc) is 3.04. The third-order valence-corrected chi connectivity index (χ3v) is 2.82. The van der Waals surface area contributed by atoms with Crippen molar-refractivity contribution >= 4 is 5.97 Å². The minimum atomic E-state index is -0.466. The molecule has 0 N–H and O–H groups in total. The Balaban J connectivity index is 2.07. The molecule has 0 amide bonds. The van der Waals surface area contributed by atoms with Crippen molar-refractivity contribution in [2.24, 2.45) is 5.92 Å². The van der Waals surface area contributed by atoms with Crippen LogP contribution in [0.5, 0.6) is 0 Å². The highest BCUT2D eigenvalue weighted by Gasteiger charge is 2.19. The van der Waals surface area contributed by atoms with Crippen LogP contribution < -0.4 is 0 Å². The van der Waals surface area contributed by atoms with E-state index in [1.807, 2.05) is 20.8 Å². The Morgan fingerprint density at radius 2 is 2.00 bits per heavy atom. The zero-order valence-corrected chi connectivity index (χ0v) is 12.7. The largest absolute Gasteiger partial charge is 0.461 e. The van der Waals surface area contributed by atoms with Crippen LogP contribution in [0.4, 0.5) is 0 Å². The van der Waals surface area contributed by atoms with Gasteiger partial charge in [0.1, 0.15) is 6.54 Å². The molecule has 0 unspecified atom stereocenters. The van der Waals surface area contributed by atoms with Crippen LogP contribution >= 0.6 is 0 Å². The van der Waals surface area contributed by atoms with Gasteiger partial charge in [-0.3, -0.25) is 0 Å². The van der Waals surface area contributed by atoms with Gasteiger partial charge in [-0.05, 0) is 12.8 Å². The Labute approximate surface area is 122 Å². The van der Waals surface area contributed by atoms with Crippen molar-refractivity contribution in [3.63, 3.8) is 0 Å². The molecule has 0 aliphatic carbocycles. The molecule has 0 saturated heterocycles. The van der Waals surface area contributed by atoms with E-state index in [1.54, 1.807) is 11.6 Å². The molecule has 0 aliphatic rings. The average molecular weight is 293 g/mol. The molecule has 21 heavy (non-hydrogen) atoms. The van der Waals surface area contributed by atoms with Crippen LogP contribution in [0.15, 0.2) is 4.42 Å². The Bertz CT molecular complexity index is 617. The van der Waals surface area contributed by atoms with Gasteiger partial charge in [-0.25, -0.2) is 9.48 Å². The number of ether oxygens (including phenoxy) is 1. The third kappa shape index (κ3) is 3.65. The smallest absolute Gasteiger partial charge is 0.360 e. The van der Waals surface area contributed by atoms with Gasteiger partial charge in [0, 0.05) is 6.42 Å². The van der Waals surface area contributed by atoms with Gasteiger partial charge in [-0.2, -0.15) is 0 Å². The summed E-state index contributed by atoms with van der Waals surface area (Å²) in [6.07, 6.45) is 0.677. The Hall–Kier alpha value is -2.25. The molecule has 0 spiro atoms. The number of nitrogens with zero attached hydrogens (tertiary/aromatic N) is 5. The maximum absolute atomic E-state index is 11.9. The number of rotatable bonds is 6. The minimum absolute atomic E-state index is 0.214. The van der Waals surface area contributed by atoms with E-state index >= 15 is 0 Å². The summed E-state index contributed by atoms with van der Waals surface area (Å²) >= 11 is 0. The summed E-state index contributed by atoms with van der Waals surface area (Å²) in [6.45, 7) is 8.26. The van der Waals surface area contributed by atoms with Crippen LogP contribution in [0.3, 0.4) is 0 Å². The van der Waals surface area contributed by atoms with Crippen molar-refractivity contribution in [3.05, 3.63) is 23.2 Å². The predicted molar refractivity (Wildman–Crippen MR) is 72.7 cm³/mol. The quantitative estimate of drug-likeness (QED) is 0.742. The topological polar surface area (TPSA) is 95.9 Å². The van der Waals surface area contributed by atoms with Gasteiger partial charge >= 0.3 is 5.97 Å². The molecule has 0 bridgehead atoms. The zero-order chi connectivity index (χ0) is 15.4. The zero-order valence-electron chi connectivity index (χ0n) is 12.7. The molecule has 8 heteroatoms. The first-order valence-electron chi connectivity index (χ1n) is 6.89. The van der Waals surface area contributed by atoms with Crippen LogP contribution in [0.25, 0.3) is 0 Å². The van der Waals surface area contributed by atoms with Gasteiger partial charge in [0.05, 0.1) is 12.3 Å². The van der Waals surface area contributed by atoms with Crippen LogP contribution in [0.1, 0.15) is 48.7 Å². The Kier molecular flexibility index (Phi) is 4.66. The molecule has 114 valence electrons. The molecular formula is C13H19N5O3. The van der Waals surface area contributed by atoms with Gasteiger partial charge in [0.25, 0.3) is 0 Å². The number of carbonyl (C=O) groups is 1. The van der Waals surface area contributed by atoms with Gasteiger partial charge in [0.2, 0.25) is 11.8 Å². The fraction of sp³-hybridized carbons (Fsp3) is 0.615. The summed E-state index contributed by atoms with van der Waals surface area (Å²) in [5.74, 6) is 0.809. The van der Waals surface area contributed by atoms with E-state index in [1.165, 1.54) is 0 Å². The van der Waals surface area contributed by atoms with Crippen molar-refractivity contribution in [1.29, 1.82) is 0 Å². The van der Waals surface area contributed by atoms with Crippen molar-refractivity contribution in [3.8, 4) is 0 Å². The van der Waals surface area contributed by atoms with E-state index in [9.17, 15) is 4.79 Å². The fourth-order valence-electron chi connectivity index (χ4n) is 1.63. The maximum atomic E-state index is 11.9. The third-order valence-electron chi connectivity index (χ3n) is 2.82. The van der Waals surface area contributed by atoms with Gasteiger partial charge in [-0.15, -0.1) is 15.3 Å². The molecule has 0 radical (unpaired) electrons. The molecule has 2 rings (SSSR count). The van der Waals surface area contributed by atoms with Crippen molar-refractivity contribution in [1.82, 2.24) is 25.2 Å². The highest BCUT2D eigenvalue weighted by Crippen LogP contribution is 2.09. The van der Waals surface area contributed by atoms with E-state index in [-0.39, 0.29) is 18.2 Å². The van der Waals surface area contributed by atoms with E-state index in [0.29, 0.717) is 30.5 Å². The first-order chi connectivity index (χ1) is 10.0. The number of aryl methyl sites for hydroxylation is 1. The first kappa shape index (κ1) is 15.1. The summed E-state index contributed by atoms with van der Waals surface area (Å²) in [4.78, 5) is 11.9. The SMILES string of the molecule is CCc1nnc(Cn2nnc(C(=O)OCC(C)C)c2C)o1. The Morgan fingerprint density at radius 1 is 1.29 bits per heavy atom. The number of aromatic nitrogens is 5. The summed E-state index contributed by atoms with van der Waals surface area (Å²) in [6, 6.07) is 0. The highest BCUT2D eigenvalue weighted by atomic mass is 16.5. The van der Waals surface area contributed by atoms with Crippen molar-refractivity contribution < 1.29 is 13.9 Å². The lowest BCUT2D eigenvalue weighted by atomic mass is 10.2. The van der Waals surface area contributed by atoms with Crippen LogP contribution in [-0.2, 0) is 17.7 Å². The van der Waals surface area contributed by atoms with Gasteiger partial charge < -0.3 is 9.15 Å². The monoisotopic (exact) mass is 293 g/mol. The van der Waals surface area contributed by atoms with Crippen LogP contribution in [0.2, 0.25) is 0 Å². The number of hydrogen-bond acceptors (Lipinski definition) is 7. The summed E-state index contributed by atoms with van der Waals surface area (Å²) in [5, 5.41) is 15.6. The molecule has 2 aromatic heterocycles. The Morgan fingerprint density at radius 3 is 2.62 bits per heavy atom. The number of carbonyl (C=O) groups excluding carboxylic acids is 1. The summed E-state index contributed by atoms with van der Waals surface area (Å²) in [7, 11) is 0. The van der Waals surface area contributed by atoms with E-state index in [0.717, 1.165) is 0 Å². The maximum Gasteiger partial charge on any atom is 0.360 e. The highest BCUT2D eigenvalue weighted by molar-refractivity contribution is 5.88. The molecule has 2 heterocycles. The molecule has 0 fully saturated rings. The molecule has 8 nitrogen and oxygen atoms in total.